The summed E-state index contributed by atoms with van der Waals surface area (Å²) in [5.41, 5.74) is 3.42. The highest BCUT2D eigenvalue weighted by Gasteiger charge is 2.28. The van der Waals surface area contributed by atoms with Gasteiger partial charge in [0.1, 0.15) is 26.9 Å². The van der Waals surface area contributed by atoms with E-state index in [0.29, 0.717) is 21.5 Å². The van der Waals surface area contributed by atoms with E-state index in [-0.39, 0.29) is 24.1 Å². The van der Waals surface area contributed by atoms with Crippen LogP contribution in [0.1, 0.15) is 40.4 Å². The van der Waals surface area contributed by atoms with E-state index in [1.165, 1.54) is 52.9 Å². The van der Waals surface area contributed by atoms with E-state index >= 15 is 0 Å². The quantitative estimate of drug-likeness (QED) is 0.161. The molecule has 1 amide bonds. The number of benzene rings is 1. The van der Waals surface area contributed by atoms with Crippen molar-refractivity contribution in [3.05, 3.63) is 57.1 Å². The van der Waals surface area contributed by atoms with E-state index in [0.717, 1.165) is 51.0 Å². The molecule has 0 bridgehead atoms. The Labute approximate surface area is 220 Å². The molecule has 0 fully saturated rings. The van der Waals surface area contributed by atoms with E-state index in [9.17, 15) is 14.0 Å². The number of amides is 1. The molecule has 1 aliphatic rings. The number of anilines is 1. The van der Waals surface area contributed by atoms with Gasteiger partial charge >= 0.3 is 5.97 Å². The highest BCUT2D eigenvalue weighted by atomic mass is 32.2. The molecule has 186 valence electrons. The Morgan fingerprint density at radius 2 is 2.06 bits per heavy atom. The largest absolute Gasteiger partial charge is 0.462 e. The topological polar surface area (TPSA) is 81.2 Å². The number of fused-ring (bicyclic) bond motifs is 2. The fourth-order valence-corrected chi connectivity index (χ4v) is 7.49. The number of nitrogens with one attached hydrogen (secondary N) is 1. The average Bonchev–Trinajstić information content (AvgIpc) is 3.45. The Morgan fingerprint density at radius 1 is 1.25 bits per heavy atom. The number of nitrogens with zero attached hydrogens (tertiary/aromatic N) is 2. The molecule has 0 saturated carbocycles. The van der Waals surface area contributed by atoms with Crippen molar-refractivity contribution in [1.82, 2.24) is 9.97 Å². The zero-order valence-electron chi connectivity index (χ0n) is 19.8. The predicted molar refractivity (Wildman–Crippen MR) is 144 cm³/mol. The zero-order valence-corrected chi connectivity index (χ0v) is 22.2. The number of thiophene rings is 2. The second kappa shape index (κ2) is 10.7. The third-order valence-corrected chi connectivity index (χ3v) is 9.18. The lowest BCUT2D eigenvalue weighted by Crippen LogP contribution is -2.18. The number of thioether (sulfide) groups is 1. The molecule has 6 nitrogen and oxygen atoms in total. The van der Waals surface area contributed by atoms with Crippen molar-refractivity contribution >= 4 is 62.2 Å². The van der Waals surface area contributed by atoms with Crippen molar-refractivity contribution in [1.29, 1.82) is 0 Å². The lowest BCUT2D eigenvalue weighted by Gasteiger charge is -2.19. The van der Waals surface area contributed by atoms with Crippen LogP contribution in [0.25, 0.3) is 21.3 Å². The predicted octanol–water partition coefficient (Wildman–Crippen LogP) is 6.59. The lowest BCUT2D eigenvalue weighted by molar-refractivity contribution is -0.113. The van der Waals surface area contributed by atoms with Crippen LogP contribution in [0.2, 0.25) is 0 Å². The van der Waals surface area contributed by atoms with Gasteiger partial charge in [0.15, 0.2) is 0 Å². The molecule has 1 unspecified atom stereocenters. The Bertz CT molecular complexity index is 1430. The van der Waals surface area contributed by atoms with Crippen LogP contribution < -0.4 is 5.32 Å². The number of carbonyl (C=O) groups excluding carboxylic acids is 2. The Morgan fingerprint density at radius 3 is 2.83 bits per heavy atom. The van der Waals surface area contributed by atoms with Crippen molar-refractivity contribution < 1.29 is 18.7 Å². The van der Waals surface area contributed by atoms with Crippen molar-refractivity contribution in [2.75, 3.05) is 17.7 Å². The minimum Gasteiger partial charge on any atom is -0.462 e. The molecule has 3 heterocycles. The van der Waals surface area contributed by atoms with Gasteiger partial charge in [0, 0.05) is 15.8 Å². The van der Waals surface area contributed by atoms with Gasteiger partial charge < -0.3 is 10.1 Å². The first-order chi connectivity index (χ1) is 17.4. The van der Waals surface area contributed by atoms with Gasteiger partial charge in [0.2, 0.25) is 5.91 Å². The first-order valence-corrected chi connectivity index (χ1v) is 14.3. The molecule has 1 N–H and O–H groups in total. The molecule has 5 rings (SSSR count). The Kier molecular flexibility index (Phi) is 7.36. The van der Waals surface area contributed by atoms with Crippen LogP contribution in [-0.2, 0) is 22.4 Å². The van der Waals surface area contributed by atoms with Crippen LogP contribution in [-0.4, -0.2) is 34.2 Å². The van der Waals surface area contributed by atoms with Crippen molar-refractivity contribution in [2.24, 2.45) is 5.92 Å². The molecular weight excluding hydrogens is 518 g/mol. The summed E-state index contributed by atoms with van der Waals surface area (Å²) in [7, 11) is 0. The third kappa shape index (κ3) is 5.02. The molecule has 4 aromatic rings. The van der Waals surface area contributed by atoms with Crippen LogP contribution in [0.5, 0.6) is 0 Å². The van der Waals surface area contributed by atoms with Crippen LogP contribution >= 0.6 is 34.4 Å². The van der Waals surface area contributed by atoms with Gasteiger partial charge in [0.05, 0.1) is 23.4 Å². The molecule has 0 saturated heterocycles. The average molecular weight is 542 g/mol. The normalized spacial score (nSPS) is 15.0. The SMILES string of the molecule is CCOC(=O)c1sc2c(c1NC(=O)CSc1ncnc3scc(-c4ccc(F)cc4)c13)CCC(C)C2. The number of aromatic nitrogens is 2. The van der Waals surface area contributed by atoms with Gasteiger partial charge in [-0.05, 0) is 55.4 Å². The van der Waals surface area contributed by atoms with Gasteiger partial charge in [-0.2, -0.15) is 0 Å². The summed E-state index contributed by atoms with van der Waals surface area (Å²) in [6, 6.07) is 6.30. The second-order valence-electron chi connectivity index (χ2n) is 8.63. The Hall–Kier alpha value is -2.82. The van der Waals surface area contributed by atoms with Gasteiger partial charge in [-0.1, -0.05) is 30.8 Å². The fourth-order valence-electron chi connectivity index (χ4n) is 4.33. The summed E-state index contributed by atoms with van der Waals surface area (Å²) < 4.78 is 18.7. The first-order valence-electron chi connectivity index (χ1n) is 11.7. The van der Waals surface area contributed by atoms with Crippen LogP contribution in [0.15, 0.2) is 41.0 Å². The minimum atomic E-state index is -0.396. The maximum Gasteiger partial charge on any atom is 0.350 e. The van der Waals surface area contributed by atoms with Crippen LogP contribution in [0.4, 0.5) is 10.1 Å². The summed E-state index contributed by atoms with van der Waals surface area (Å²) in [6.45, 7) is 4.26. The summed E-state index contributed by atoms with van der Waals surface area (Å²) in [5, 5.41) is 6.51. The van der Waals surface area contributed by atoms with Crippen molar-refractivity contribution in [3.8, 4) is 11.1 Å². The molecule has 0 aliphatic heterocycles. The summed E-state index contributed by atoms with van der Waals surface area (Å²) in [5.74, 6) is -0.240. The monoisotopic (exact) mass is 541 g/mol. The second-order valence-corrected chi connectivity index (χ2v) is 11.6. The molecule has 0 spiro atoms. The number of carbonyl (C=O) groups is 2. The van der Waals surface area contributed by atoms with Gasteiger partial charge in [-0.15, -0.1) is 22.7 Å². The molecule has 1 aliphatic carbocycles. The van der Waals surface area contributed by atoms with Gasteiger partial charge in [-0.25, -0.2) is 19.2 Å². The maximum absolute atomic E-state index is 13.4. The number of hydrogen-bond acceptors (Lipinski definition) is 8. The van der Waals surface area contributed by atoms with Gasteiger partial charge in [0.25, 0.3) is 0 Å². The molecule has 0 radical (unpaired) electrons. The molecule has 3 aromatic heterocycles. The highest BCUT2D eigenvalue weighted by molar-refractivity contribution is 8.00. The van der Waals surface area contributed by atoms with Crippen LogP contribution in [0, 0.1) is 11.7 Å². The van der Waals surface area contributed by atoms with E-state index < -0.39 is 5.97 Å². The number of rotatable bonds is 7. The smallest absolute Gasteiger partial charge is 0.350 e. The molecule has 1 aromatic carbocycles. The van der Waals surface area contributed by atoms with E-state index in [2.05, 4.69) is 22.2 Å². The van der Waals surface area contributed by atoms with Crippen LogP contribution in [0.3, 0.4) is 0 Å². The van der Waals surface area contributed by atoms with Crippen molar-refractivity contribution in [2.45, 2.75) is 38.1 Å². The molecule has 36 heavy (non-hydrogen) atoms. The standard InChI is InChI=1S/C26H24FN3O3S3/c1-3-33-26(32)23-22(17-9-4-14(2)10-19(17)36-23)30-20(31)12-35-25-21-18(11-34-24(21)28-13-29-25)15-5-7-16(27)8-6-15/h5-8,11,13-14H,3-4,9-10,12H2,1-2H3,(H,30,31). The molecule has 1 atom stereocenters. The van der Waals surface area contributed by atoms with E-state index in [1.54, 1.807) is 19.1 Å². The summed E-state index contributed by atoms with van der Waals surface area (Å²) >= 11 is 4.23. The summed E-state index contributed by atoms with van der Waals surface area (Å²) in [6.07, 6.45) is 4.24. The summed E-state index contributed by atoms with van der Waals surface area (Å²) in [4.78, 5) is 36.9. The molecule has 10 heteroatoms. The number of hydrogen-bond donors (Lipinski definition) is 1. The number of halogens is 1. The minimum absolute atomic E-state index is 0.119. The molecular formula is C26H24FN3O3S3. The lowest BCUT2D eigenvalue weighted by atomic mass is 9.89. The Balaban J connectivity index is 1.38. The zero-order chi connectivity index (χ0) is 25.2. The number of esters is 1. The highest BCUT2D eigenvalue weighted by Crippen LogP contribution is 2.41. The van der Waals surface area contributed by atoms with E-state index in [1.807, 2.05) is 5.38 Å². The fraction of sp³-hybridized carbons (Fsp3) is 0.308. The van der Waals surface area contributed by atoms with E-state index in [4.69, 9.17) is 4.74 Å². The van der Waals surface area contributed by atoms with Crippen molar-refractivity contribution in [3.63, 3.8) is 0 Å². The number of ether oxygens (including phenoxy) is 1. The maximum atomic E-state index is 13.4. The third-order valence-electron chi connectivity index (χ3n) is 6.07. The first kappa shape index (κ1) is 24.9. The van der Waals surface area contributed by atoms with Gasteiger partial charge in [-0.3, -0.25) is 4.79 Å².